The second-order valence-corrected chi connectivity index (χ2v) is 5.59. The van der Waals surface area contributed by atoms with Crippen molar-refractivity contribution in [2.24, 2.45) is 0 Å². The second kappa shape index (κ2) is 6.12. The van der Waals surface area contributed by atoms with Gasteiger partial charge >= 0.3 is 0 Å². The van der Waals surface area contributed by atoms with Crippen LogP contribution >= 0.6 is 0 Å². The molecule has 1 aliphatic carbocycles. The van der Waals surface area contributed by atoms with Gasteiger partial charge in [0.25, 0.3) is 0 Å². The molecule has 1 N–H and O–H groups in total. The average molecular weight is 308 g/mol. The van der Waals surface area contributed by atoms with Crippen LogP contribution in [0.3, 0.4) is 0 Å². The second-order valence-electron chi connectivity index (χ2n) is 5.59. The van der Waals surface area contributed by atoms with Crippen LogP contribution in [-0.4, -0.2) is 21.5 Å². The summed E-state index contributed by atoms with van der Waals surface area (Å²) in [6.07, 6.45) is 2.15. The highest BCUT2D eigenvalue weighted by Crippen LogP contribution is 2.45. The summed E-state index contributed by atoms with van der Waals surface area (Å²) < 4.78 is 7.72. The minimum Gasteiger partial charge on any atom is -0.453 e. The summed E-state index contributed by atoms with van der Waals surface area (Å²) in [7, 11) is 0. The molecule has 0 spiro atoms. The van der Waals surface area contributed by atoms with Gasteiger partial charge in [-0.15, -0.1) is 0 Å². The molecule has 6 nitrogen and oxygen atoms in total. The van der Waals surface area contributed by atoms with E-state index in [0.29, 0.717) is 35.1 Å². The van der Waals surface area contributed by atoms with Crippen molar-refractivity contribution >= 4 is 0 Å². The smallest absolute Gasteiger partial charge is 0.171 e. The third kappa shape index (κ3) is 3.03. The summed E-state index contributed by atoms with van der Waals surface area (Å²) in [6.45, 7) is 2.31. The molecule has 1 fully saturated rings. The van der Waals surface area contributed by atoms with Crippen LogP contribution in [0.15, 0.2) is 18.2 Å². The standard InChI is InChI=1S/C17H16N4O2/c1-11-17(16(14-2-3-14)20-21(11)4-5-22)23-15-7-12(9-18)6-13(8-15)10-19/h6-8,14,22H,2-5H2,1H3. The van der Waals surface area contributed by atoms with Crippen LogP contribution in [0.1, 0.15) is 41.3 Å². The first kappa shape index (κ1) is 15.1. The van der Waals surface area contributed by atoms with Gasteiger partial charge in [-0.2, -0.15) is 15.6 Å². The Morgan fingerprint density at radius 3 is 2.43 bits per heavy atom. The van der Waals surface area contributed by atoms with Gasteiger partial charge in [-0.25, -0.2) is 0 Å². The fourth-order valence-corrected chi connectivity index (χ4v) is 2.52. The fourth-order valence-electron chi connectivity index (χ4n) is 2.52. The zero-order chi connectivity index (χ0) is 16.4. The van der Waals surface area contributed by atoms with Gasteiger partial charge in [0.05, 0.1) is 42.1 Å². The monoisotopic (exact) mass is 308 g/mol. The minimum absolute atomic E-state index is 0.00850. The van der Waals surface area contributed by atoms with Gasteiger partial charge in [-0.05, 0) is 38.0 Å². The number of aliphatic hydroxyl groups is 1. The molecule has 1 aliphatic rings. The van der Waals surface area contributed by atoms with E-state index < -0.39 is 0 Å². The molecule has 0 atom stereocenters. The summed E-state index contributed by atoms with van der Waals surface area (Å²) in [5.74, 6) is 1.51. The Hall–Kier alpha value is -2.83. The summed E-state index contributed by atoms with van der Waals surface area (Å²) in [5.41, 5.74) is 2.48. The van der Waals surface area contributed by atoms with Crippen LogP contribution in [-0.2, 0) is 6.54 Å². The van der Waals surface area contributed by atoms with Crippen molar-refractivity contribution in [3.8, 4) is 23.6 Å². The number of aliphatic hydroxyl groups excluding tert-OH is 1. The molecule has 2 aromatic rings. The van der Waals surface area contributed by atoms with Gasteiger partial charge in [0.1, 0.15) is 11.4 Å². The predicted molar refractivity (Wildman–Crippen MR) is 82.0 cm³/mol. The maximum absolute atomic E-state index is 9.15. The maximum atomic E-state index is 9.15. The van der Waals surface area contributed by atoms with Crippen LogP contribution in [0, 0.1) is 29.6 Å². The van der Waals surface area contributed by atoms with E-state index in [2.05, 4.69) is 5.10 Å². The molecule has 0 saturated heterocycles. The van der Waals surface area contributed by atoms with Crippen molar-refractivity contribution in [3.63, 3.8) is 0 Å². The predicted octanol–water partition coefficient (Wildman–Crippen LogP) is 2.60. The molecule has 0 amide bonds. The van der Waals surface area contributed by atoms with Crippen molar-refractivity contribution in [1.82, 2.24) is 9.78 Å². The Bertz CT molecular complexity index is 790. The van der Waals surface area contributed by atoms with E-state index in [4.69, 9.17) is 20.4 Å². The minimum atomic E-state index is 0.00850. The van der Waals surface area contributed by atoms with E-state index in [-0.39, 0.29) is 6.61 Å². The van der Waals surface area contributed by atoms with Crippen LogP contribution in [0.25, 0.3) is 0 Å². The first-order chi connectivity index (χ1) is 11.2. The zero-order valence-electron chi connectivity index (χ0n) is 12.8. The molecule has 0 radical (unpaired) electrons. The van der Waals surface area contributed by atoms with Gasteiger partial charge < -0.3 is 9.84 Å². The number of hydrogen-bond donors (Lipinski definition) is 1. The molecule has 116 valence electrons. The van der Waals surface area contributed by atoms with E-state index in [1.54, 1.807) is 16.8 Å². The van der Waals surface area contributed by atoms with Crippen LogP contribution in [0.2, 0.25) is 0 Å². The number of benzene rings is 1. The molecule has 1 aromatic heterocycles. The molecule has 0 unspecified atom stereocenters. The number of hydrogen-bond acceptors (Lipinski definition) is 5. The lowest BCUT2D eigenvalue weighted by atomic mass is 10.1. The fraction of sp³-hybridized carbons (Fsp3) is 0.353. The van der Waals surface area contributed by atoms with E-state index in [1.165, 1.54) is 6.07 Å². The van der Waals surface area contributed by atoms with Crippen molar-refractivity contribution < 1.29 is 9.84 Å². The number of nitrogens with zero attached hydrogens (tertiary/aromatic N) is 4. The molecular formula is C17H16N4O2. The normalized spacial score (nSPS) is 13.4. The lowest BCUT2D eigenvalue weighted by molar-refractivity contribution is 0.267. The van der Waals surface area contributed by atoms with E-state index in [1.807, 2.05) is 19.1 Å². The van der Waals surface area contributed by atoms with E-state index in [0.717, 1.165) is 24.2 Å². The number of nitriles is 2. The summed E-state index contributed by atoms with van der Waals surface area (Å²) >= 11 is 0. The molecule has 1 heterocycles. The van der Waals surface area contributed by atoms with Gasteiger partial charge in [0.15, 0.2) is 5.75 Å². The Kier molecular flexibility index (Phi) is 4.01. The SMILES string of the molecule is Cc1c(Oc2cc(C#N)cc(C#N)c2)c(C2CC2)nn1CCO. The average Bonchev–Trinajstić information content (AvgIpc) is 3.36. The van der Waals surface area contributed by atoms with Gasteiger partial charge in [0, 0.05) is 5.92 Å². The van der Waals surface area contributed by atoms with Gasteiger partial charge in [-0.1, -0.05) is 0 Å². The Morgan fingerprint density at radius 1 is 1.26 bits per heavy atom. The third-order valence-corrected chi connectivity index (χ3v) is 3.84. The molecule has 3 rings (SSSR count). The van der Waals surface area contributed by atoms with Gasteiger partial charge in [0.2, 0.25) is 0 Å². The lowest BCUT2D eigenvalue weighted by Crippen LogP contribution is -2.06. The van der Waals surface area contributed by atoms with Crippen molar-refractivity contribution in [1.29, 1.82) is 10.5 Å². The topological polar surface area (TPSA) is 94.9 Å². The van der Waals surface area contributed by atoms with Gasteiger partial charge in [-0.3, -0.25) is 4.68 Å². The molecule has 1 aromatic carbocycles. The van der Waals surface area contributed by atoms with Crippen molar-refractivity contribution in [3.05, 3.63) is 40.7 Å². The molecule has 0 bridgehead atoms. The largest absolute Gasteiger partial charge is 0.453 e. The maximum Gasteiger partial charge on any atom is 0.171 e. The zero-order valence-corrected chi connectivity index (χ0v) is 12.8. The Morgan fingerprint density at radius 2 is 1.91 bits per heavy atom. The summed E-state index contributed by atoms with van der Waals surface area (Å²) in [6, 6.07) is 8.81. The number of ether oxygens (including phenoxy) is 1. The highest BCUT2D eigenvalue weighted by molar-refractivity contribution is 5.48. The number of aromatic nitrogens is 2. The molecule has 6 heteroatoms. The lowest BCUT2D eigenvalue weighted by Gasteiger charge is -2.08. The summed E-state index contributed by atoms with van der Waals surface area (Å²) in [5, 5.41) is 31.8. The molecular weight excluding hydrogens is 292 g/mol. The van der Waals surface area contributed by atoms with Crippen molar-refractivity contribution in [2.45, 2.75) is 32.2 Å². The summed E-state index contributed by atoms with van der Waals surface area (Å²) in [4.78, 5) is 0. The van der Waals surface area contributed by atoms with Crippen molar-refractivity contribution in [2.75, 3.05) is 6.61 Å². The highest BCUT2D eigenvalue weighted by Gasteiger charge is 2.32. The number of rotatable bonds is 5. The van der Waals surface area contributed by atoms with Crippen LogP contribution < -0.4 is 4.74 Å². The molecule has 1 saturated carbocycles. The quantitative estimate of drug-likeness (QED) is 0.916. The Labute approximate surface area is 134 Å². The Balaban J connectivity index is 2.00. The van der Waals surface area contributed by atoms with Crippen LogP contribution in [0.4, 0.5) is 0 Å². The van der Waals surface area contributed by atoms with E-state index >= 15 is 0 Å². The third-order valence-electron chi connectivity index (χ3n) is 3.84. The molecule has 0 aliphatic heterocycles. The first-order valence-electron chi connectivity index (χ1n) is 7.47. The molecule has 23 heavy (non-hydrogen) atoms. The van der Waals surface area contributed by atoms with E-state index in [9.17, 15) is 0 Å². The highest BCUT2D eigenvalue weighted by atomic mass is 16.5. The van der Waals surface area contributed by atoms with Crippen LogP contribution in [0.5, 0.6) is 11.5 Å². The first-order valence-corrected chi connectivity index (χ1v) is 7.47.